The number of nitriles is 1. The van der Waals surface area contributed by atoms with Crippen LogP contribution in [0.3, 0.4) is 0 Å². The Kier molecular flexibility index (Phi) is 8.21. The molecule has 1 aromatic heterocycles. The molecule has 1 aliphatic rings. The lowest BCUT2D eigenvalue weighted by Gasteiger charge is -2.32. The fourth-order valence-corrected chi connectivity index (χ4v) is 4.87. The van der Waals surface area contributed by atoms with Crippen molar-refractivity contribution in [1.82, 2.24) is 15.0 Å². The number of piperidine rings is 1. The first-order valence-electron chi connectivity index (χ1n) is 12.5. The quantitative estimate of drug-likeness (QED) is 0.404. The van der Waals surface area contributed by atoms with Crippen molar-refractivity contribution in [2.45, 2.75) is 52.1 Å². The fourth-order valence-electron chi connectivity index (χ4n) is 4.87. The molecule has 4 rings (SSSR count). The number of fused-ring (bicyclic) bond motifs is 1. The molecule has 0 N–H and O–H groups in total. The van der Waals surface area contributed by atoms with Crippen LogP contribution in [0.4, 0.5) is 0 Å². The number of aromatic nitrogens is 1. The number of ether oxygens (including phenoxy) is 1. The second-order valence-corrected chi connectivity index (χ2v) is 9.66. The van der Waals surface area contributed by atoms with Gasteiger partial charge in [0.15, 0.2) is 5.58 Å². The molecule has 0 bridgehead atoms. The Bertz CT molecular complexity index is 1120. The van der Waals surface area contributed by atoms with Gasteiger partial charge in [-0.05, 0) is 89.0 Å². The van der Waals surface area contributed by atoms with Crippen LogP contribution in [0.15, 0.2) is 40.9 Å². The Balaban J connectivity index is 1.36. The average Bonchev–Trinajstić information content (AvgIpc) is 3.26. The molecule has 0 radical (unpaired) electrons. The zero-order valence-electron chi connectivity index (χ0n) is 20.7. The molecule has 2 heterocycles. The van der Waals surface area contributed by atoms with Crippen molar-refractivity contribution in [3.63, 3.8) is 0 Å². The van der Waals surface area contributed by atoms with Crippen LogP contribution in [0.5, 0.6) is 5.75 Å². The molecule has 0 amide bonds. The van der Waals surface area contributed by atoms with Gasteiger partial charge < -0.3 is 14.2 Å². The Morgan fingerprint density at radius 3 is 2.71 bits per heavy atom. The number of likely N-dealkylation sites (tertiary alicyclic amines) is 1. The maximum absolute atomic E-state index is 9.35. The summed E-state index contributed by atoms with van der Waals surface area (Å²) in [5, 5.41) is 14.9. The third kappa shape index (κ3) is 5.78. The van der Waals surface area contributed by atoms with Crippen molar-refractivity contribution < 1.29 is 9.26 Å². The van der Waals surface area contributed by atoms with E-state index < -0.39 is 0 Å². The summed E-state index contributed by atoms with van der Waals surface area (Å²) >= 11 is 0. The summed E-state index contributed by atoms with van der Waals surface area (Å²) in [6, 6.07) is 14.4. The molecule has 1 aliphatic heterocycles. The molecule has 6 heteroatoms. The SMILES string of the molecule is CCCOc1ccc2c(CCC3CCN(Cc4ccccc4C#N)CC3)noc2c1CN(C)C. The largest absolute Gasteiger partial charge is 0.493 e. The van der Waals surface area contributed by atoms with Crippen molar-refractivity contribution in [3.8, 4) is 11.8 Å². The van der Waals surface area contributed by atoms with E-state index in [4.69, 9.17) is 9.26 Å². The minimum absolute atomic E-state index is 0.697. The lowest BCUT2D eigenvalue weighted by atomic mass is 9.90. The monoisotopic (exact) mass is 460 g/mol. The van der Waals surface area contributed by atoms with Gasteiger partial charge in [0.2, 0.25) is 0 Å². The van der Waals surface area contributed by atoms with Gasteiger partial charge in [0, 0.05) is 18.5 Å². The van der Waals surface area contributed by atoms with E-state index >= 15 is 0 Å². The Hall–Kier alpha value is -2.88. The molecule has 2 aromatic carbocycles. The highest BCUT2D eigenvalue weighted by molar-refractivity contribution is 5.84. The maximum Gasteiger partial charge on any atom is 0.175 e. The van der Waals surface area contributed by atoms with E-state index in [0.29, 0.717) is 12.5 Å². The van der Waals surface area contributed by atoms with Gasteiger partial charge in [-0.2, -0.15) is 5.26 Å². The first kappa shape index (κ1) is 24.3. The summed E-state index contributed by atoms with van der Waals surface area (Å²) < 4.78 is 11.8. The zero-order valence-corrected chi connectivity index (χ0v) is 20.7. The van der Waals surface area contributed by atoms with E-state index in [9.17, 15) is 5.26 Å². The topological polar surface area (TPSA) is 65.5 Å². The molecule has 1 saturated heterocycles. The molecule has 0 aliphatic carbocycles. The number of rotatable bonds is 10. The third-order valence-corrected chi connectivity index (χ3v) is 6.74. The molecule has 0 unspecified atom stereocenters. The molecule has 3 aromatic rings. The number of hydrogen-bond donors (Lipinski definition) is 0. The summed E-state index contributed by atoms with van der Waals surface area (Å²) in [4.78, 5) is 4.61. The van der Waals surface area contributed by atoms with Crippen LogP contribution in [0.1, 0.15) is 55.0 Å². The molecule has 6 nitrogen and oxygen atoms in total. The molecule has 0 saturated carbocycles. The van der Waals surface area contributed by atoms with Crippen LogP contribution < -0.4 is 4.74 Å². The lowest BCUT2D eigenvalue weighted by molar-refractivity contribution is 0.172. The predicted octanol–water partition coefficient (Wildman–Crippen LogP) is 5.39. The summed E-state index contributed by atoms with van der Waals surface area (Å²) in [5.74, 6) is 1.60. The number of hydrogen-bond acceptors (Lipinski definition) is 6. The summed E-state index contributed by atoms with van der Waals surface area (Å²) in [6.45, 7) is 6.60. The number of benzene rings is 2. The van der Waals surface area contributed by atoms with Crippen LogP contribution in [0.2, 0.25) is 0 Å². The molecule has 34 heavy (non-hydrogen) atoms. The van der Waals surface area contributed by atoms with E-state index in [1.165, 1.54) is 12.8 Å². The van der Waals surface area contributed by atoms with Crippen LogP contribution >= 0.6 is 0 Å². The van der Waals surface area contributed by atoms with Crippen LogP contribution in [0.25, 0.3) is 11.0 Å². The fraction of sp³-hybridized carbons (Fsp3) is 0.500. The molecular weight excluding hydrogens is 424 g/mol. The first-order chi connectivity index (χ1) is 16.6. The Morgan fingerprint density at radius 2 is 1.97 bits per heavy atom. The van der Waals surface area contributed by atoms with Crippen molar-refractivity contribution in [1.29, 1.82) is 5.26 Å². The average molecular weight is 461 g/mol. The van der Waals surface area contributed by atoms with E-state index in [0.717, 1.165) is 84.5 Å². The zero-order chi connectivity index (χ0) is 23.9. The summed E-state index contributed by atoms with van der Waals surface area (Å²) in [5.41, 5.74) is 4.93. The highest BCUT2D eigenvalue weighted by Gasteiger charge is 2.22. The smallest absolute Gasteiger partial charge is 0.175 e. The van der Waals surface area contributed by atoms with Gasteiger partial charge in [-0.15, -0.1) is 0 Å². The van der Waals surface area contributed by atoms with E-state index in [1.54, 1.807) is 0 Å². The second kappa shape index (κ2) is 11.5. The lowest BCUT2D eigenvalue weighted by Crippen LogP contribution is -2.33. The van der Waals surface area contributed by atoms with Gasteiger partial charge in [-0.3, -0.25) is 4.90 Å². The van der Waals surface area contributed by atoms with Gasteiger partial charge in [0.1, 0.15) is 5.75 Å². The first-order valence-corrected chi connectivity index (χ1v) is 12.5. The highest BCUT2D eigenvalue weighted by Crippen LogP contribution is 2.33. The van der Waals surface area contributed by atoms with Crippen molar-refractivity contribution in [2.24, 2.45) is 5.92 Å². The predicted molar refractivity (Wildman–Crippen MR) is 135 cm³/mol. The third-order valence-electron chi connectivity index (χ3n) is 6.74. The van der Waals surface area contributed by atoms with E-state index in [2.05, 4.69) is 60.2 Å². The van der Waals surface area contributed by atoms with Crippen molar-refractivity contribution in [3.05, 3.63) is 58.8 Å². The summed E-state index contributed by atoms with van der Waals surface area (Å²) in [7, 11) is 4.12. The number of nitrogens with zero attached hydrogens (tertiary/aromatic N) is 4. The van der Waals surface area contributed by atoms with Crippen molar-refractivity contribution in [2.75, 3.05) is 33.8 Å². The van der Waals surface area contributed by atoms with Gasteiger partial charge in [0.25, 0.3) is 0 Å². The molecular formula is C28H36N4O2. The van der Waals surface area contributed by atoms with Crippen LogP contribution in [-0.4, -0.2) is 48.7 Å². The van der Waals surface area contributed by atoms with E-state index in [1.807, 2.05) is 18.2 Å². The molecule has 0 atom stereocenters. The highest BCUT2D eigenvalue weighted by atomic mass is 16.5. The minimum atomic E-state index is 0.697. The summed E-state index contributed by atoms with van der Waals surface area (Å²) in [6.07, 6.45) is 5.41. The van der Waals surface area contributed by atoms with E-state index in [-0.39, 0.29) is 0 Å². The standard InChI is InChI=1S/C28H36N4O2/c1-4-17-33-27-12-10-24-26(30-34-28(24)25(27)20-31(2)3)11-9-21-13-15-32(16-14-21)19-23-8-6-5-7-22(23)18-29/h5-8,10,12,21H,4,9,11,13-17,19-20H2,1-3H3. The molecule has 1 fully saturated rings. The minimum Gasteiger partial charge on any atom is -0.493 e. The number of aryl methyl sites for hydroxylation is 1. The Morgan fingerprint density at radius 1 is 1.18 bits per heavy atom. The van der Waals surface area contributed by atoms with Gasteiger partial charge in [-0.25, -0.2) is 0 Å². The Labute approximate surface area is 203 Å². The van der Waals surface area contributed by atoms with Crippen LogP contribution in [-0.2, 0) is 19.5 Å². The molecule has 180 valence electrons. The second-order valence-electron chi connectivity index (χ2n) is 9.66. The molecule has 0 spiro atoms. The van der Waals surface area contributed by atoms with Gasteiger partial charge in [0.05, 0.1) is 29.5 Å². The maximum atomic E-state index is 9.35. The van der Waals surface area contributed by atoms with Crippen LogP contribution in [0, 0.1) is 17.2 Å². The van der Waals surface area contributed by atoms with Crippen molar-refractivity contribution >= 4 is 11.0 Å². The van der Waals surface area contributed by atoms with Gasteiger partial charge in [-0.1, -0.05) is 30.3 Å². The normalized spacial score (nSPS) is 15.1. The van der Waals surface area contributed by atoms with Gasteiger partial charge >= 0.3 is 0 Å².